The highest BCUT2D eigenvalue weighted by atomic mass is 35.5. The Kier molecular flexibility index (Phi) is 3.83. The molecule has 1 atom stereocenters. The van der Waals surface area contributed by atoms with Crippen molar-refractivity contribution < 1.29 is 18.6 Å². The van der Waals surface area contributed by atoms with Crippen LogP contribution in [-0.4, -0.2) is 11.7 Å². The van der Waals surface area contributed by atoms with Crippen molar-refractivity contribution in [2.24, 2.45) is 0 Å². The summed E-state index contributed by atoms with van der Waals surface area (Å²) >= 11 is 6.05. The van der Waals surface area contributed by atoms with E-state index >= 15 is 0 Å². The van der Waals surface area contributed by atoms with Gasteiger partial charge >= 0.3 is 0 Å². The van der Waals surface area contributed by atoms with Gasteiger partial charge in [-0.25, -0.2) is 8.78 Å². The maximum absolute atomic E-state index is 13.2. The molecular weight excluding hydrogens is 298 g/mol. The van der Waals surface area contributed by atoms with E-state index in [1.54, 1.807) is 6.07 Å². The number of benzene rings is 2. The summed E-state index contributed by atoms with van der Waals surface area (Å²) in [6.07, 6.45) is -0.0682. The maximum Gasteiger partial charge on any atom is 0.126 e. The van der Waals surface area contributed by atoms with Crippen molar-refractivity contribution in [1.82, 2.24) is 0 Å². The second-order valence-electron chi connectivity index (χ2n) is 5.07. The van der Waals surface area contributed by atoms with Crippen LogP contribution in [0.5, 0.6) is 5.75 Å². The van der Waals surface area contributed by atoms with Crippen molar-refractivity contribution in [2.75, 3.05) is 6.61 Å². The Morgan fingerprint density at radius 3 is 2.57 bits per heavy atom. The van der Waals surface area contributed by atoms with Crippen LogP contribution in [0.25, 0.3) is 0 Å². The first-order valence-electron chi connectivity index (χ1n) is 6.61. The van der Waals surface area contributed by atoms with E-state index < -0.39 is 17.7 Å². The fourth-order valence-electron chi connectivity index (χ4n) is 2.59. The van der Waals surface area contributed by atoms with Crippen LogP contribution in [0.1, 0.15) is 22.8 Å². The highest BCUT2D eigenvalue weighted by Gasteiger charge is 2.20. The molecule has 0 spiro atoms. The molecule has 1 heterocycles. The number of halogens is 3. The topological polar surface area (TPSA) is 29.5 Å². The zero-order chi connectivity index (χ0) is 15.0. The van der Waals surface area contributed by atoms with Crippen LogP contribution in [0.3, 0.4) is 0 Å². The first-order chi connectivity index (χ1) is 10.0. The Morgan fingerprint density at radius 2 is 1.86 bits per heavy atom. The molecule has 2 aromatic carbocycles. The SMILES string of the molecule is OC(Cc1cc(Cl)cc2c1OCC2)c1cc(F)cc(F)c1. The first kappa shape index (κ1) is 14.3. The lowest BCUT2D eigenvalue weighted by Gasteiger charge is -2.14. The van der Waals surface area contributed by atoms with Crippen molar-refractivity contribution in [3.8, 4) is 5.75 Å². The number of ether oxygens (including phenoxy) is 1. The summed E-state index contributed by atoms with van der Waals surface area (Å²) in [6.45, 7) is 0.577. The molecule has 3 rings (SSSR count). The van der Waals surface area contributed by atoms with E-state index in [-0.39, 0.29) is 12.0 Å². The average Bonchev–Trinajstić information content (AvgIpc) is 2.85. The van der Waals surface area contributed by atoms with Gasteiger partial charge in [-0.2, -0.15) is 0 Å². The van der Waals surface area contributed by atoms with Crippen LogP contribution < -0.4 is 4.74 Å². The smallest absolute Gasteiger partial charge is 0.126 e. The van der Waals surface area contributed by atoms with Gasteiger partial charge in [-0.3, -0.25) is 0 Å². The Balaban J connectivity index is 1.90. The number of rotatable bonds is 3. The van der Waals surface area contributed by atoms with Gasteiger partial charge in [0.05, 0.1) is 12.7 Å². The Labute approximate surface area is 125 Å². The van der Waals surface area contributed by atoms with Gasteiger partial charge in [0.25, 0.3) is 0 Å². The molecule has 21 heavy (non-hydrogen) atoms. The second kappa shape index (κ2) is 5.62. The third-order valence-corrected chi connectivity index (χ3v) is 3.73. The molecule has 2 aromatic rings. The molecule has 1 unspecified atom stereocenters. The van der Waals surface area contributed by atoms with Crippen LogP contribution in [0.2, 0.25) is 5.02 Å². The largest absolute Gasteiger partial charge is 0.493 e. The van der Waals surface area contributed by atoms with E-state index in [0.29, 0.717) is 11.6 Å². The van der Waals surface area contributed by atoms with Crippen LogP contribution >= 0.6 is 11.6 Å². The normalized spacial score (nSPS) is 14.7. The Bertz CT molecular complexity index is 668. The minimum atomic E-state index is -1.03. The molecule has 5 heteroatoms. The van der Waals surface area contributed by atoms with Gasteiger partial charge in [0.1, 0.15) is 17.4 Å². The molecule has 0 aliphatic carbocycles. The lowest BCUT2D eigenvalue weighted by atomic mass is 9.98. The van der Waals surface area contributed by atoms with E-state index in [1.807, 2.05) is 6.07 Å². The minimum Gasteiger partial charge on any atom is -0.493 e. The van der Waals surface area contributed by atoms with E-state index in [2.05, 4.69) is 0 Å². The van der Waals surface area contributed by atoms with Gasteiger partial charge in [0, 0.05) is 23.9 Å². The fourth-order valence-corrected chi connectivity index (χ4v) is 2.85. The summed E-state index contributed by atoms with van der Waals surface area (Å²) in [5.74, 6) is -0.705. The number of fused-ring (bicyclic) bond motifs is 1. The molecule has 0 fully saturated rings. The van der Waals surface area contributed by atoms with Crippen molar-refractivity contribution in [1.29, 1.82) is 0 Å². The monoisotopic (exact) mass is 310 g/mol. The number of hydrogen-bond donors (Lipinski definition) is 1. The summed E-state index contributed by atoms with van der Waals surface area (Å²) < 4.78 is 32.0. The molecule has 0 bridgehead atoms. The molecule has 2 nitrogen and oxygen atoms in total. The molecule has 1 aliphatic rings. The molecule has 0 amide bonds. The summed E-state index contributed by atoms with van der Waals surface area (Å²) in [7, 11) is 0. The predicted octanol–water partition coefficient (Wildman–Crippen LogP) is 3.83. The molecular formula is C16H13ClF2O2. The van der Waals surface area contributed by atoms with Crippen molar-refractivity contribution >= 4 is 11.6 Å². The van der Waals surface area contributed by atoms with Gasteiger partial charge in [0.2, 0.25) is 0 Å². The number of hydrogen-bond acceptors (Lipinski definition) is 2. The minimum absolute atomic E-state index is 0.186. The van der Waals surface area contributed by atoms with Gasteiger partial charge in [-0.15, -0.1) is 0 Å². The number of aliphatic hydroxyl groups is 1. The van der Waals surface area contributed by atoms with Crippen LogP contribution in [-0.2, 0) is 12.8 Å². The van der Waals surface area contributed by atoms with Gasteiger partial charge in [0.15, 0.2) is 0 Å². The van der Waals surface area contributed by atoms with Crippen LogP contribution in [0.4, 0.5) is 8.78 Å². The van der Waals surface area contributed by atoms with E-state index in [9.17, 15) is 13.9 Å². The third kappa shape index (κ3) is 3.01. The van der Waals surface area contributed by atoms with Crippen LogP contribution in [0.15, 0.2) is 30.3 Å². The zero-order valence-electron chi connectivity index (χ0n) is 11.1. The summed E-state index contributed by atoms with van der Waals surface area (Å²) in [6, 6.07) is 6.57. The molecule has 1 N–H and O–H groups in total. The van der Waals surface area contributed by atoms with Gasteiger partial charge in [-0.1, -0.05) is 11.6 Å². The molecule has 0 aromatic heterocycles. The molecule has 110 valence electrons. The Morgan fingerprint density at radius 1 is 1.14 bits per heavy atom. The second-order valence-corrected chi connectivity index (χ2v) is 5.51. The highest BCUT2D eigenvalue weighted by molar-refractivity contribution is 6.30. The van der Waals surface area contributed by atoms with E-state index in [4.69, 9.17) is 16.3 Å². The standard InChI is InChI=1S/C16H13ClF2O2/c17-12-3-9-1-2-21-16(9)11(4-12)7-15(20)10-5-13(18)8-14(19)6-10/h3-6,8,15,20H,1-2,7H2. The van der Waals surface area contributed by atoms with Gasteiger partial charge in [-0.05, 0) is 41.0 Å². The molecule has 0 saturated heterocycles. The summed E-state index contributed by atoms with van der Waals surface area (Å²) in [5, 5.41) is 10.8. The third-order valence-electron chi connectivity index (χ3n) is 3.51. The highest BCUT2D eigenvalue weighted by Crippen LogP contribution is 2.35. The molecule has 0 radical (unpaired) electrons. The predicted molar refractivity (Wildman–Crippen MR) is 75.7 cm³/mol. The lowest BCUT2D eigenvalue weighted by molar-refractivity contribution is 0.176. The fraction of sp³-hybridized carbons (Fsp3) is 0.250. The van der Waals surface area contributed by atoms with E-state index in [1.165, 1.54) is 0 Å². The quantitative estimate of drug-likeness (QED) is 0.933. The number of aliphatic hydroxyl groups excluding tert-OH is 1. The van der Waals surface area contributed by atoms with Gasteiger partial charge < -0.3 is 9.84 Å². The zero-order valence-corrected chi connectivity index (χ0v) is 11.8. The average molecular weight is 311 g/mol. The molecule has 0 saturated carbocycles. The lowest BCUT2D eigenvalue weighted by Crippen LogP contribution is -2.04. The first-order valence-corrected chi connectivity index (χ1v) is 6.99. The van der Waals surface area contributed by atoms with Crippen LogP contribution in [0, 0.1) is 11.6 Å². The molecule has 1 aliphatic heterocycles. The van der Waals surface area contributed by atoms with Crippen molar-refractivity contribution in [3.63, 3.8) is 0 Å². The van der Waals surface area contributed by atoms with Crippen molar-refractivity contribution in [3.05, 3.63) is 63.7 Å². The van der Waals surface area contributed by atoms with Crippen molar-refractivity contribution in [2.45, 2.75) is 18.9 Å². The maximum atomic E-state index is 13.2. The van der Waals surface area contributed by atoms with E-state index in [0.717, 1.165) is 41.5 Å². The summed E-state index contributed by atoms with van der Waals surface area (Å²) in [5.41, 5.74) is 1.93. The Hall–Kier alpha value is -1.65. The summed E-state index contributed by atoms with van der Waals surface area (Å²) in [4.78, 5) is 0.